The van der Waals surface area contributed by atoms with Crippen molar-refractivity contribution in [2.24, 2.45) is 0 Å². The number of aryl methyl sites for hydroxylation is 2. The summed E-state index contributed by atoms with van der Waals surface area (Å²) in [5.74, 6) is -0.607. The lowest BCUT2D eigenvalue weighted by molar-refractivity contribution is -0.133. The van der Waals surface area contributed by atoms with Gasteiger partial charge < -0.3 is 10.1 Å². The molecule has 0 aliphatic rings. The second-order valence-electron chi connectivity index (χ2n) is 6.71. The second-order valence-corrected chi connectivity index (χ2v) is 6.71. The molecular formula is C22H27N3O4. The summed E-state index contributed by atoms with van der Waals surface area (Å²) in [4.78, 5) is 36.1. The Balaban J connectivity index is 1.73. The predicted octanol–water partition coefficient (Wildman–Crippen LogP) is 3.03. The maximum atomic E-state index is 12.2. The minimum absolute atomic E-state index is 0.00630. The zero-order chi connectivity index (χ0) is 21.2. The van der Waals surface area contributed by atoms with E-state index < -0.39 is 17.9 Å². The van der Waals surface area contributed by atoms with Gasteiger partial charge in [0.15, 0.2) is 6.10 Å². The standard InChI is InChI=1S/C22H27N3O4/c1-4-19(29-18-8-6-5-7-9-18)22(28)25-24-21(27)13-12-20(26)23-17-11-10-15(2)16(3)14-17/h5-11,14,19H,4,12-13H2,1-3H3,(H,23,26)(H,24,27)(H,25,28). The molecule has 29 heavy (non-hydrogen) atoms. The molecule has 0 heterocycles. The Hall–Kier alpha value is -3.35. The number of nitrogens with one attached hydrogen (secondary N) is 3. The fourth-order valence-electron chi connectivity index (χ4n) is 2.53. The summed E-state index contributed by atoms with van der Waals surface area (Å²) >= 11 is 0. The third-order valence-electron chi connectivity index (χ3n) is 4.38. The molecule has 0 fully saturated rings. The van der Waals surface area contributed by atoms with Gasteiger partial charge in [-0.1, -0.05) is 31.2 Å². The zero-order valence-corrected chi connectivity index (χ0v) is 17.0. The molecule has 0 aliphatic carbocycles. The summed E-state index contributed by atoms with van der Waals surface area (Å²) < 4.78 is 5.61. The van der Waals surface area contributed by atoms with Crippen LogP contribution in [0.25, 0.3) is 0 Å². The number of ether oxygens (including phenoxy) is 1. The van der Waals surface area contributed by atoms with Gasteiger partial charge in [-0.3, -0.25) is 25.2 Å². The van der Waals surface area contributed by atoms with Crippen molar-refractivity contribution in [1.82, 2.24) is 10.9 Å². The van der Waals surface area contributed by atoms with E-state index >= 15 is 0 Å². The first-order valence-corrected chi connectivity index (χ1v) is 9.56. The van der Waals surface area contributed by atoms with Crippen LogP contribution in [-0.4, -0.2) is 23.8 Å². The van der Waals surface area contributed by atoms with Gasteiger partial charge in [0.1, 0.15) is 5.75 Å². The van der Waals surface area contributed by atoms with Crippen LogP contribution >= 0.6 is 0 Å². The highest BCUT2D eigenvalue weighted by molar-refractivity contribution is 5.93. The molecule has 7 nitrogen and oxygen atoms in total. The average Bonchev–Trinajstić information content (AvgIpc) is 2.72. The lowest BCUT2D eigenvalue weighted by atomic mass is 10.1. The number of hydrogen-bond donors (Lipinski definition) is 3. The molecule has 0 aromatic heterocycles. The van der Waals surface area contributed by atoms with Crippen LogP contribution in [0.5, 0.6) is 5.75 Å². The molecule has 0 bridgehead atoms. The van der Waals surface area contributed by atoms with Crippen LogP contribution < -0.4 is 20.9 Å². The van der Waals surface area contributed by atoms with E-state index in [-0.39, 0.29) is 18.7 Å². The van der Waals surface area contributed by atoms with E-state index in [1.165, 1.54) is 0 Å². The number of carbonyl (C=O) groups excluding carboxylic acids is 3. The molecular weight excluding hydrogens is 370 g/mol. The van der Waals surface area contributed by atoms with Gasteiger partial charge in [-0.05, 0) is 55.7 Å². The van der Waals surface area contributed by atoms with E-state index in [9.17, 15) is 14.4 Å². The molecule has 0 saturated carbocycles. The van der Waals surface area contributed by atoms with Crippen LogP contribution in [-0.2, 0) is 14.4 Å². The first kappa shape index (κ1) is 21.9. The molecule has 2 aromatic carbocycles. The van der Waals surface area contributed by atoms with Gasteiger partial charge in [-0.2, -0.15) is 0 Å². The highest BCUT2D eigenvalue weighted by Gasteiger charge is 2.19. The van der Waals surface area contributed by atoms with Crippen LogP contribution in [0, 0.1) is 13.8 Å². The van der Waals surface area contributed by atoms with Crippen molar-refractivity contribution in [2.45, 2.75) is 46.1 Å². The number of rotatable bonds is 8. The summed E-state index contributed by atoms with van der Waals surface area (Å²) in [6.45, 7) is 5.77. The molecule has 3 N–H and O–H groups in total. The maximum absolute atomic E-state index is 12.2. The van der Waals surface area contributed by atoms with E-state index in [1.54, 1.807) is 12.1 Å². The summed E-state index contributed by atoms with van der Waals surface area (Å²) in [6, 6.07) is 14.6. The largest absolute Gasteiger partial charge is 0.481 e. The van der Waals surface area contributed by atoms with Crippen LogP contribution in [0.3, 0.4) is 0 Å². The molecule has 0 radical (unpaired) electrons. The monoisotopic (exact) mass is 397 g/mol. The van der Waals surface area contributed by atoms with Crippen LogP contribution in [0.4, 0.5) is 5.69 Å². The average molecular weight is 397 g/mol. The second kappa shape index (κ2) is 10.8. The normalized spacial score (nSPS) is 11.3. The van der Waals surface area contributed by atoms with E-state index in [0.717, 1.165) is 11.1 Å². The number of anilines is 1. The molecule has 7 heteroatoms. The van der Waals surface area contributed by atoms with Crippen LogP contribution in [0.2, 0.25) is 0 Å². The molecule has 2 aromatic rings. The number of hydrazine groups is 1. The molecule has 154 valence electrons. The third-order valence-corrected chi connectivity index (χ3v) is 4.38. The smallest absolute Gasteiger partial charge is 0.279 e. The van der Waals surface area contributed by atoms with E-state index in [2.05, 4.69) is 16.2 Å². The van der Waals surface area contributed by atoms with Crippen LogP contribution in [0.15, 0.2) is 48.5 Å². The SMILES string of the molecule is CCC(Oc1ccccc1)C(=O)NNC(=O)CCC(=O)Nc1ccc(C)c(C)c1. The fraction of sp³-hybridized carbons (Fsp3) is 0.318. The van der Waals surface area contributed by atoms with Gasteiger partial charge in [-0.15, -0.1) is 0 Å². The Morgan fingerprint density at radius 2 is 1.59 bits per heavy atom. The summed E-state index contributed by atoms with van der Waals surface area (Å²) in [5.41, 5.74) is 7.57. The Morgan fingerprint density at radius 1 is 0.897 bits per heavy atom. The summed E-state index contributed by atoms with van der Waals surface area (Å²) in [5, 5.41) is 2.76. The minimum Gasteiger partial charge on any atom is -0.481 e. The van der Waals surface area contributed by atoms with Crippen molar-refractivity contribution in [3.05, 3.63) is 59.7 Å². The van der Waals surface area contributed by atoms with E-state index in [4.69, 9.17) is 4.74 Å². The molecule has 1 atom stereocenters. The van der Waals surface area contributed by atoms with Crippen molar-refractivity contribution in [2.75, 3.05) is 5.32 Å². The van der Waals surface area contributed by atoms with Crippen LogP contribution in [0.1, 0.15) is 37.3 Å². The highest BCUT2D eigenvalue weighted by Crippen LogP contribution is 2.14. The van der Waals surface area contributed by atoms with Gasteiger partial charge in [0.25, 0.3) is 5.91 Å². The Bertz CT molecular complexity index is 852. The Morgan fingerprint density at radius 3 is 2.24 bits per heavy atom. The van der Waals surface area contributed by atoms with E-state index in [1.807, 2.05) is 57.2 Å². The van der Waals surface area contributed by atoms with Gasteiger partial charge >= 0.3 is 0 Å². The number of para-hydroxylation sites is 1. The van der Waals surface area contributed by atoms with Gasteiger partial charge in [0.05, 0.1) is 0 Å². The topological polar surface area (TPSA) is 96.5 Å². The molecule has 0 aliphatic heterocycles. The van der Waals surface area contributed by atoms with E-state index in [0.29, 0.717) is 17.9 Å². The quantitative estimate of drug-likeness (QED) is 0.597. The number of benzene rings is 2. The molecule has 0 spiro atoms. The van der Waals surface area contributed by atoms with Crippen molar-refractivity contribution in [3.63, 3.8) is 0 Å². The summed E-state index contributed by atoms with van der Waals surface area (Å²) in [6.07, 6.45) is -0.333. The van der Waals surface area contributed by atoms with Crippen molar-refractivity contribution in [1.29, 1.82) is 0 Å². The maximum Gasteiger partial charge on any atom is 0.279 e. The first-order chi connectivity index (χ1) is 13.9. The van der Waals surface area contributed by atoms with Crippen molar-refractivity contribution >= 4 is 23.4 Å². The fourth-order valence-corrected chi connectivity index (χ4v) is 2.53. The third kappa shape index (κ3) is 7.29. The number of hydrogen-bond acceptors (Lipinski definition) is 4. The Kier molecular flexibility index (Phi) is 8.21. The lowest BCUT2D eigenvalue weighted by Gasteiger charge is -2.17. The molecule has 3 amide bonds. The number of carbonyl (C=O) groups is 3. The van der Waals surface area contributed by atoms with Gasteiger partial charge in [0.2, 0.25) is 11.8 Å². The molecule has 1 unspecified atom stereocenters. The molecule has 2 rings (SSSR count). The first-order valence-electron chi connectivity index (χ1n) is 9.56. The zero-order valence-electron chi connectivity index (χ0n) is 17.0. The predicted molar refractivity (Wildman–Crippen MR) is 111 cm³/mol. The highest BCUT2D eigenvalue weighted by atomic mass is 16.5. The summed E-state index contributed by atoms with van der Waals surface area (Å²) in [7, 11) is 0. The Labute approximate surface area is 170 Å². The van der Waals surface area contributed by atoms with Gasteiger partial charge in [0, 0.05) is 18.5 Å². The number of amides is 3. The molecule has 0 saturated heterocycles. The van der Waals surface area contributed by atoms with Crippen molar-refractivity contribution in [3.8, 4) is 5.75 Å². The van der Waals surface area contributed by atoms with Gasteiger partial charge in [-0.25, -0.2) is 0 Å². The lowest BCUT2D eigenvalue weighted by Crippen LogP contribution is -2.48. The minimum atomic E-state index is -0.731. The van der Waals surface area contributed by atoms with Crippen molar-refractivity contribution < 1.29 is 19.1 Å².